The minimum Gasteiger partial charge on any atom is -0.497 e. The molecule has 0 amide bonds. The van der Waals surface area contributed by atoms with Crippen LogP contribution in [0.15, 0.2) is 30.5 Å². The second-order valence-corrected chi connectivity index (χ2v) is 4.62. The van der Waals surface area contributed by atoms with E-state index < -0.39 is 6.10 Å². The fourth-order valence-electron chi connectivity index (χ4n) is 2.02. The lowest BCUT2D eigenvalue weighted by Crippen LogP contribution is -2.08. The summed E-state index contributed by atoms with van der Waals surface area (Å²) in [6.07, 6.45) is 1.95. The third-order valence-corrected chi connectivity index (χ3v) is 3.21. The lowest BCUT2D eigenvalue weighted by Gasteiger charge is -2.14. The van der Waals surface area contributed by atoms with Crippen LogP contribution in [-0.2, 0) is 13.5 Å². The van der Waals surface area contributed by atoms with Crippen LogP contribution in [0, 0.1) is 0 Å². The van der Waals surface area contributed by atoms with Crippen molar-refractivity contribution in [2.75, 3.05) is 13.7 Å². The summed E-state index contributed by atoms with van der Waals surface area (Å²) >= 11 is 0. The molecule has 0 aliphatic carbocycles. The van der Waals surface area contributed by atoms with E-state index in [0.29, 0.717) is 18.1 Å². The van der Waals surface area contributed by atoms with Gasteiger partial charge in [0.15, 0.2) is 0 Å². The fourth-order valence-corrected chi connectivity index (χ4v) is 2.02. The Bertz CT molecular complexity index is 564. The highest BCUT2D eigenvalue weighted by Gasteiger charge is 2.11. The van der Waals surface area contributed by atoms with Crippen LogP contribution in [0.5, 0.6) is 11.5 Å². The van der Waals surface area contributed by atoms with E-state index in [-0.39, 0.29) is 0 Å². The molecule has 1 aromatic carbocycles. The molecule has 108 valence electrons. The third-order valence-electron chi connectivity index (χ3n) is 3.21. The highest BCUT2D eigenvalue weighted by Crippen LogP contribution is 2.29. The van der Waals surface area contributed by atoms with Gasteiger partial charge in [0.05, 0.1) is 19.8 Å². The molecular weight excluding hydrogens is 256 g/mol. The Kier molecular flexibility index (Phi) is 4.63. The molecule has 0 saturated carbocycles. The second kappa shape index (κ2) is 6.43. The molecule has 0 spiro atoms. The van der Waals surface area contributed by atoms with Crippen molar-refractivity contribution >= 4 is 0 Å². The van der Waals surface area contributed by atoms with Crippen molar-refractivity contribution in [3.63, 3.8) is 0 Å². The van der Waals surface area contributed by atoms with Crippen LogP contribution in [-0.4, -0.2) is 28.6 Å². The van der Waals surface area contributed by atoms with Gasteiger partial charge in [0.2, 0.25) is 0 Å². The van der Waals surface area contributed by atoms with Crippen LogP contribution in [0.4, 0.5) is 0 Å². The summed E-state index contributed by atoms with van der Waals surface area (Å²) in [4.78, 5) is 0. The molecule has 1 atom stereocenters. The first-order valence-corrected chi connectivity index (χ1v) is 6.57. The molecule has 2 rings (SSSR count). The zero-order valence-electron chi connectivity index (χ0n) is 12.0. The maximum atomic E-state index is 9.76. The molecule has 0 radical (unpaired) electrons. The van der Waals surface area contributed by atoms with E-state index in [9.17, 15) is 5.11 Å². The quantitative estimate of drug-likeness (QED) is 0.878. The number of aromatic nitrogens is 2. The molecule has 1 N–H and O–H groups in total. The van der Waals surface area contributed by atoms with E-state index in [1.807, 2.05) is 29.9 Å². The molecule has 2 aromatic rings. The number of methoxy groups -OCH3 is 1. The van der Waals surface area contributed by atoms with Crippen molar-refractivity contribution in [3.05, 3.63) is 41.7 Å². The Labute approximate surface area is 118 Å². The smallest absolute Gasteiger partial charge is 0.128 e. The average Bonchev–Trinajstić information content (AvgIpc) is 2.84. The number of benzene rings is 1. The number of aryl methyl sites for hydroxylation is 1. The van der Waals surface area contributed by atoms with Gasteiger partial charge in [0.1, 0.15) is 11.5 Å². The van der Waals surface area contributed by atoms with E-state index >= 15 is 0 Å². The van der Waals surface area contributed by atoms with E-state index in [1.54, 1.807) is 26.3 Å². The van der Waals surface area contributed by atoms with Gasteiger partial charge < -0.3 is 14.6 Å². The minimum atomic E-state index is -0.576. The number of nitrogens with zero attached hydrogens (tertiary/aromatic N) is 2. The van der Waals surface area contributed by atoms with Gasteiger partial charge in [0.25, 0.3) is 0 Å². The van der Waals surface area contributed by atoms with Crippen LogP contribution in [0.25, 0.3) is 0 Å². The summed E-state index contributed by atoms with van der Waals surface area (Å²) < 4.78 is 12.8. The van der Waals surface area contributed by atoms with E-state index in [1.165, 1.54) is 0 Å². The van der Waals surface area contributed by atoms with Crippen molar-refractivity contribution in [2.24, 2.45) is 7.05 Å². The number of rotatable bonds is 6. The SMILES string of the molecule is COc1ccc(C(C)O)c(OCCc2ccnn2C)c1. The van der Waals surface area contributed by atoms with Gasteiger partial charge in [-0.05, 0) is 25.1 Å². The molecule has 5 heteroatoms. The zero-order chi connectivity index (χ0) is 14.5. The van der Waals surface area contributed by atoms with Gasteiger partial charge in [-0.3, -0.25) is 4.68 Å². The number of hydrogen-bond acceptors (Lipinski definition) is 4. The summed E-state index contributed by atoms with van der Waals surface area (Å²) in [5, 5.41) is 13.9. The first-order valence-electron chi connectivity index (χ1n) is 6.57. The lowest BCUT2D eigenvalue weighted by atomic mass is 10.1. The summed E-state index contributed by atoms with van der Waals surface area (Å²) in [5.41, 5.74) is 1.86. The Hall–Kier alpha value is -2.01. The maximum Gasteiger partial charge on any atom is 0.128 e. The van der Waals surface area contributed by atoms with Gasteiger partial charge >= 0.3 is 0 Å². The van der Waals surface area contributed by atoms with Crippen LogP contribution in [0.1, 0.15) is 24.3 Å². The highest BCUT2D eigenvalue weighted by molar-refractivity contribution is 5.41. The number of aliphatic hydroxyl groups is 1. The second-order valence-electron chi connectivity index (χ2n) is 4.62. The van der Waals surface area contributed by atoms with Crippen LogP contribution < -0.4 is 9.47 Å². The molecule has 0 bridgehead atoms. The van der Waals surface area contributed by atoms with E-state index in [4.69, 9.17) is 9.47 Å². The molecule has 5 nitrogen and oxygen atoms in total. The Morgan fingerprint density at radius 1 is 1.35 bits per heavy atom. The molecule has 0 saturated heterocycles. The molecule has 1 aromatic heterocycles. The fraction of sp³-hybridized carbons (Fsp3) is 0.400. The van der Waals surface area contributed by atoms with Crippen molar-refractivity contribution < 1.29 is 14.6 Å². The van der Waals surface area contributed by atoms with Crippen LogP contribution in [0.3, 0.4) is 0 Å². The van der Waals surface area contributed by atoms with Gasteiger partial charge in [-0.15, -0.1) is 0 Å². The Morgan fingerprint density at radius 2 is 2.15 bits per heavy atom. The summed E-state index contributed by atoms with van der Waals surface area (Å²) in [6, 6.07) is 7.40. The minimum absolute atomic E-state index is 0.520. The van der Waals surface area contributed by atoms with Crippen molar-refractivity contribution in [3.8, 4) is 11.5 Å². The van der Waals surface area contributed by atoms with Crippen molar-refractivity contribution in [2.45, 2.75) is 19.4 Å². The average molecular weight is 276 g/mol. The van der Waals surface area contributed by atoms with Crippen molar-refractivity contribution in [1.82, 2.24) is 9.78 Å². The summed E-state index contributed by atoms with van der Waals surface area (Å²) in [6.45, 7) is 2.24. The van der Waals surface area contributed by atoms with Gasteiger partial charge in [0, 0.05) is 37.0 Å². The molecule has 0 aliphatic heterocycles. The van der Waals surface area contributed by atoms with Gasteiger partial charge in [-0.1, -0.05) is 0 Å². The first kappa shape index (κ1) is 14.4. The van der Waals surface area contributed by atoms with Crippen LogP contribution in [0.2, 0.25) is 0 Å². The Morgan fingerprint density at radius 3 is 2.75 bits per heavy atom. The normalized spacial score (nSPS) is 12.2. The van der Waals surface area contributed by atoms with Crippen molar-refractivity contribution in [1.29, 1.82) is 0 Å². The van der Waals surface area contributed by atoms with Gasteiger partial charge in [-0.2, -0.15) is 5.10 Å². The molecule has 0 aliphatic rings. The maximum absolute atomic E-state index is 9.76. The predicted octanol–water partition coefficient (Wildman–Crippen LogP) is 2.10. The molecule has 1 unspecified atom stereocenters. The largest absolute Gasteiger partial charge is 0.497 e. The number of hydrogen-bond donors (Lipinski definition) is 1. The molecule has 20 heavy (non-hydrogen) atoms. The molecular formula is C15H20N2O3. The summed E-state index contributed by atoms with van der Waals surface area (Å²) in [7, 11) is 3.51. The monoisotopic (exact) mass is 276 g/mol. The summed E-state index contributed by atoms with van der Waals surface area (Å²) in [5.74, 6) is 1.37. The highest BCUT2D eigenvalue weighted by atomic mass is 16.5. The molecule has 0 fully saturated rings. The van der Waals surface area contributed by atoms with Crippen LogP contribution >= 0.6 is 0 Å². The zero-order valence-corrected chi connectivity index (χ0v) is 12.0. The number of ether oxygens (including phenoxy) is 2. The lowest BCUT2D eigenvalue weighted by molar-refractivity contribution is 0.191. The Balaban J connectivity index is 2.05. The van der Waals surface area contributed by atoms with E-state index in [2.05, 4.69) is 5.10 Å². The predicted molar refractivity (Wildman–Crippen MR) is 76.0 cm³/mol. The standard InChI is InChI=1S/C15H20N2O3/c1-11(18)14-5-4-13(19-3)10-15(14)20-9-7-12-6-8-16-17(12)2/h4-6,8,10-11,18H,7,9H2,1-3H3. The third kappa shape index (κ3) is 3.30. The molecule has 1 heterocycles. The topological polar surface area (TPSA) is 56.5 Å². The first-order chi connectivity index (χ1) is 9.61. The van der Waals surface area contributed by atoms with E-state index in [0.717, 1.165) is 17.7 Å². The van der Waals surface area contributed by atoms with Gasteiger partial charge in [-0.25, -0.2) is 0 Å². The number of aliphatic hydroxyl groups excluding tert-OH is 1.